The minimum absolute atomic E-state index is 0.00104. The summed E-state index contributed by atoms with van der Waals surface area (Å²) in [6, 6.07) is 2.39. The molecular weight excluding hydrogens is 380 g/mol. The van der Waals surface area contributed by atoms with Gasteiger partial charge in [-0.25, -0.2) is 13.8 Å². The molecule has 1 aromatic heterocycles. The number of nitrogens with zero attached hydrogens (tertiary/aromatic N) is 2. The smallest absolute Gasteiger partial charge is 0.258 e. The number of piperidine rings is 1. The number of hydrogen-bond donors (Lipinski definition) is 3. The Kier molecular flexibility index (Phi) is 6.61. The van der Waals surface area contributed by atoms with Gasteiger partial charge in [-0.15, -0.1) is 0 Å². The van der Waals surface area contributed by atoms with Gasteiger partial charge in [0, 0.05) is 37.5 Å². The lowest BCUT2D eigenvalue weighted by Gasteiger charge is -2.40. The summed E-state index contributed by atoms with van der Waals surface area (Å²) in [5.74, 6) is -5.48. The van der Waals surface area contributed by atoms with Gasteiger partial charge in [0.25, 0.3) is 5.92 Å². The minimum Gasteiger partial charge on any atom is -0.366 e. The Morgan fingerprint density at radius 3 is 2.78 bits per heavy atom. The van der Waals surface area contributed by atoms with Gasteiger partial charge in [0.05, 0.1) is 17.0 Å². The molecule has 0 saturated carbocycles. The number of carbonyl (C=O) groups excluding carboxylic acids is 2. The first kappa shape index (κ1) is 20.9. The highest BCUT2D eigenvalue weighted by atomic mass is 35.5. The Morgan fingerprint density at radius 2 is 2.19 bits per heavy atom. The number of allylic oxidation sites excluding steroid dienone is 1. The molecule has 2 atom stereocenters. The predicted octanol–water partition coefficient (Wildman–Crippen LogP) is 2.08. The van der Waals surface area contributed by atoms with Crippen LogP contribution in [0.25, 0.3) is 0 Å². The molecule has 0 radical (unpaired) electrons. The van der Waals surface area contributed by atoms with Gasteiger partial charge in [-0.2, -0.15) is 0 Å². The summed E-state index contributed by atoms with van der Waals surface area (Å²) >= 11 is 5.74. The van der Waals surface area contributed by atoms with Gasteiger partial charge in [-0.05, 0) is 25.1 Å². The molecule has 7 nitrogen and oxygen atoms in total. The number of alkyl halides is 2. The number of rotatable bonds is 6. The van der Waals surface area contributed by atoms with Crippen LogP contribution in [0, 0.1) is 11.3 Å². The average Bonchev–Trinajstić information content (AvgIpc) is 2.60. The number of carbonyl (C=O) groups is 2. The van der Waals surface area contributed by atoms with Gasteiger partial charge in [-0.1, -0.05) is 11.6 Å². The third-order valence-corrected chi connectivity index (χ3v) is 4.59. The number of nitrogens with two attached hydrogens (primary N) is 1. The van der Waals surface area contributed by atoms with E-state index in [1.165, 1.54) is 12.3 Å². The topological polar surface area (TPSA) is 112 Å². The van der Waals surface area contributed by atoms with Crippen molar-refractivity contribution in [3.63, 3.8) is 0 Å². The zero-order valence-electron chi connectivity index (χ0n) is 14.6. The highest BCUT2D eigenvalue weighted by Crippen LogP contribution is 2.35. The van der Waals surface area contributed by atoms with E-state index >= 15 is 0 Å². The molecule has 2 unspecified atom stereocenters. The van der Waals surface area contributed by atoms with Crippen molar-refractivity contribution in [2.75, 3.05) is 18.4 Å². The van der Waals surface area contributed by atoms with E-state index < -0.39 is 41.8 Å². The maximum absolute atomic E-state index is 14.2. The highest BCUT2D eigenvalue weighted by Gasteiger charge is 2.47. The fourth-order valence-electron chi connectivity index (χ4n) is 2.74. The molecule has 1 aromatic rings. The number of halogens is 3. The summed E-state index contributed by atoms with van der Waals surface area (Å²) < 4.78 is 28.5. The molecule has 146 valence electrons. The van der Waals surface area contributed by atoms with Crippen LogP contribution in [-0.2, 0) is 9.59 Å². The molecule has 0 aliphatic carbocycles. The molecule has 2 amide bonds. The second-order valence-electron chi connectivity index (χ2n) is 6.28. The molecular formula is C17H20ClF2N5O2. The largest absolute Gasteiger partial charge is 0.366 e. The van der Waals surface area contributed by atoms with Gasteiger partial charge in [0.1, 0.15) is 5.82 Å². The van der Waals surface area contributed by atoms with Crippen LogP contribution in [0.1, 0.15) is 13.3 Å². The zero-order valence-corrected chi connectivity index (χ0v) is 15.3. The molecule has 4 N–H and O–H groups in total. The number of anilines is 1. The first-order valence-electron chi connectivity index (χ1n) is 8.20. The Hall–Kier alpha value is -2.39. The highest BCUT2D eigenvalue weighted by molar-refractivity contribution is 6.30. The van der Waals surface area contributed by atoms with E-state index in [9.17, 15) is 18.4 Å². The molecule has 0 aromatic carbocycles. The first-order valence-corrected chi connectivity index (χ1v) is 8.58. The maximum atomic E-state index is 14.2. The Balaban J connectivity index is 2.06. The molecule has 2 rings (SSSR count). The number of primary amides is 1. The summed E-state index contributed by atoms with van der Waals surface area (Å²) in [5.41, 5.74) is 4.54. The number of pyridine rings is 1. The quantitative estimate of drug-likeness (QED) is 0.502. The lowest BCUT2D eigenvalue weighted by molar-refractivity contribution is -0.126. The second-order valence-corrected chi connectivity index (χ2v) is 6.71. The van der Waals surface area contributed by atoms with Crippen molar-refractivity contribution < 1.29 is 18.4 Å². The van der Waals surface area contributed by atoms with Crippen molar-refractivity contribution in [1.82, 2.24) is 9.88 Å². The summed E-state index contributed by atoms with van der Waals surface area (Å²) in [7, 11) is 0. The van der Waals surface area contributed by atoms with Crippen molar-refractivity contribution in [2.24, 2.45) is 11.7 Å². The van der Waals surface area contributed by atoms with Crippen molar-refractivity contribution >= 4 is 34.9 Å². The van der Waals surface area contributed by atoms with Crippen molar-refractivity contribution in [3.05, 3.63) is 35.5 Å². The molecule has 1 fully saturated rings. The van der Waals surface area contributed by atoms with Crippen LogP contribution in [-0.4, -0.2) is 52.5 Å². The van der Waals surface area contributed by atoms with E-state index in [-0.39, 0.29) is 13.1 Å². The molecule has 1 aliphatic heterocycles. The van der Waals surface area contributed by atoms with Crippen LogP contribution in [0.15, 0.2) is 30.5 Å². The van der Waals surface area contributed by atoms with Crippen LogP contribution in [0.5, 0.6) is 0 Å². The molecule has 10 heteroatoms. The summed E-state index contributed by atoms with van der Waals surface area (Å²) in [6.07, 6.45) is 2.74. The SMILES string of the molecule is CC(C(=O)Nc1ccc(Cl)cn1)N1CCC(F)(F)C(C(=N)/C=C\C(N)=O)C1. The number of aromatic nitrogens is 1. The lowest BCUT2D eigenvalue weighted by atomic mass is 9.88. The summed E-state index contributed by atoms with van der Waals surface area (Å²) in [4.78, 5) is 28.7. The first-order chi connectivity index (χ1) is 12.6. The van der Waals surface area contributed by atoms with E-state index in [1.54, 1.807) is 17.9 Å². The van der Waals surface area contributed by atoms with Gasteiger partial charge < -0.3 is 16.5 Å². The molecule has 0 spiro atoms. The Labute approximate surface area is 160 Å². The van der Waals surface area contributed by atoms with E-state index in [0.29, 0.717) is 10.8 Å². The molecule has 0 bridgehead atoms. The normalized spacial score (nSPS) is 21.0. The Bertz CT molecular complexity index is 754. The molecule has 1 aliphatic rings. The van der Waals surface area contributed by atoms with E-state index in [1.807, 2.05) is 0 Å². The average molecular weight is 400 g/mol. The van der Waals surface area contributed by atoms with E-state index in [2.05, 4.69) is 10.3 Å². The number of nitrogens with one attached hydrogen (secondary N) is 2. The minimum atomic E-state index is -3.11. The van der Waals surface area contributed by atoms with Gasteiger partial charge >= 0.3 is 0 Å². The molecule has 27 heavy (non-hydrogen) atoms. The third kappa shape index (κ3) is 5.54. The third-order valence-electron chi connectivity index (χ3n) is 4.37. The van der Waals surface area contributed by atoms with Gasteiger partial charge in [-0.3, -0.25) is 14.5 Å². The number of amides is 2. The second kappa shape index (κ2) is 8.53. The van der Waals surface area contributed by atoms with Gasteiger partial charge in [0.2, 0.25) is 11.8 Å². The summed E-state index contributed by atoms with van der Waals surface area (Å²) in [6.45, 7) is 1.39. The fourth-order valence-corrected chi connectivity index (χ4v) is 2.85. The van der Waals surface area contributed by atoms with Crippen LogP contribution in [0.3, 0.4) is 0 Å². The monoisotopic (exact) mass is 399 g/mol. The van der Waals surface area contributed by atoms with Crippen molar-refractivity contribution in [3.8, 4) is 0 Å². The number of hydrogen-bond acceptors (Lipinski definition) is 5. The maximum Gasteiger partial charge on any atom is 0.258 e. The standard InChI is InChI=1S/C17H20ClF2N5O2/c1-10(16(27)24-15-5-2-11(18)8-23-15)25-7-6-17(19,20)12(9-25)13(21)3-4-14(22)26/h2-5,8,10,12,21H,6-7,9H2,1H3,(H2,22,26)(H,23,24,27)/b4-3-,21-13?. The Morgan fingerprint density at radius 1 is 1.48 bits per heavy atom. The molecule has 1 saturated heterocycles. The number of likely N-dealkylation sites (tertiary alicyclic amines) is 1. The van der Waals surface area contributed by atoms with Crippen molar-refractivity contribution in [2.45, 2.75) is 25.3 Å². The molecule has 2 heterocycles. The van der Waals surface area contributed by atoms with E-state index in [4.69, 9.17) is 22.7 Å². The van der Waals surface area contributed by atoms with Crippen LogP contribution >= 0.6 is 11.6 Å². The zero-order chi connectivity index (χ0) is 20.2. The van der Waals surface area contributed by atoms with Crippen LogP contribution in [0.4, 0.5) is 14.6 Å². The fraction of sp³-hybridized carbons (Fsp3) is 0.412. The van der Waals surface area contributed by atoms with Crippen LogP contribution in [0.2, 0.25) is 5.02 Å². The van der Waals surface area contributed by atoms with Gasteiger partial charge in [0.15, 0.2) is 0 Å². The lowest BCUT2D eigenvalue weighted by Crippen LogP contribution is -2.54. The van der Waals surface area contributed by atoms with Crippen molar-refractivity contribution in [1.29, 1.82) is 5.41 Å². The predicted molar refractivity (Wildman–Crippen MR) is 98.0 cm³/mol. The van der Waals surface area contributed by atoms with Crippen LogP contribution < -0.4 is 11.1 Å². The summed E-state index contributed by atoms with van der Waals surface area (Å²) in [5, 5.41) is 10.9. The van der Waals surface area contributed by atoms with E-state index in [0.717, 1.165) is 12.2 Å².